The first kappa shape index (κ1) is 10.0. The van der Waals surface area contributed by atoms with E-state index in [2.05, 4.69) is 28.5 Å². The number of hydrogen-bond donors (Lipinski definition) is 1. The van der Waals surface area contributed by atoms with Crippen LogP contribution in [0.1, 0.15) is 11.8 Å². The Kier molecular flexibility index (Phi) is 4.30. The van der Waals surface area contributed by atoms with E-state index in [1.54, 1.807) is 7.11 Å². The van der Waals surface area contributed by atoms with Gasteiger partial charge >= 0.3 is 0 Å². The molecule has 1 aromatic heterocycles. The van der Waals surface area contributed by atoms with Crippen molar-refractivity contribution in [2.45, 2.75) is 6.92 Å². The van der Waals surface area contributed by atoms with Gasteiger partial charge in [-0.2, -0.15) is 4.37 Å². The largest absolute Gasteiger partial charge is 0.480 e. The predicted molar refractivity (Wildman–Crippen MR) is 54.1 cm³/mol. The maximum Gasteiger partial charge on any atom is 0.226 e. The van der Waals surface area contributed by atoms with E-state index in [4.69, 9.17) is 4.74 Å². The Balaban J connectivity index is 2.46. The minimum absolute atomic E-state index is 0.637. The molecule has 1 aromatic rings. The number of hydrogen-bond acceptors (Lipinski definition) is 4. The van der Waals surface area contributed by atoms with Crippen LogP contribution in [0.4, 0.5) is 0 Å². The molecule has 0 radical (unpaired) electrons. The Morgan fingerprint density at radius 2 is 2.54 bits per heavy atom. The van der Waals surface area contributed by atoms with Crippen molar-refractivity contribution in [3.05, 3.63) is 10.9 Å². The molecule has 13 heavy (non-hydrogen) atoms. The van der Waals surface area contributed by atoms with E-state index in [9.17, 15) is 0 Å². The molecule has 0 bridgehead atoms. The van der Waals surface area contributed by atoms with Gasteiger partial charge in [-0.3, -0.25) is 0 Å². The number of ether oxygens (including phenoxy) is 1. The molecule has 4 heteroatoms. The molecule has 0 aromatic carbocycles. The lowest BCUT2D eigenvalue weighted by Crippen LogP contribution is -2.11. The lowest BCUT2D eigenvalue weighted by atomic mass is 10.4. The van der Waals surface area contributed by atoms with Crippen molar-refractivity contribution in [1.82, 2.24) is 9.69 Å². The molecule has 1 rings (SSSR count). The summed E-state index contributed by atoms with van der Waals surface area (Å²) in [7, 11) is 1.60. The zero-order valence-electron chi connectivity index (χ0n) is 7.76. The van der Waals surface area contributed by atoms with E-state index in [-0.39, 0.29) is 0 Å². The number of nitrogens with one attached hydrogen (secondary N) is 1. The molecular weight excluding hydrogens is 184 g/mol. The Hall–Kier alpha value is -1.05. The van der Waals surface area contributed by atoms with E-state index < -0.39 is 0 Å². The number of nitrogens with zero attached hydrogens (tertiary/aromatic N) is 1. The summed E-state index contributed by atoms with van der Waals surface area (Å²) in [5.74, 6) is 6.63. The van der Waals surface area contributed by atoms with Crippen molar-refractivity contribution in [3.8, 4) is 17.7 Å². The van der Waals surface area contributed by atoms with Crippen LogP contribution in [0.15, 0.2) is 6.07 Å². The lowest BCUT2D eigenvalue weighted by Gasteiger charge is -1.88. The summed E-state index contributed by atoms with van der Waals surface area (Å²) >= 11 is 1.36. The van der Waals surface area contributed by atoms with Crippen LogP contribution in [0.3, 0.4) is 0 Å². The molecule has 1 heterocycles. The van der Waals surface area contributed by atoms with Crippen LogP contribution in [-0.4, -0.2) is 24.6 Å². The normalized spacial score (nSPS) is 9.08. The van der Waals surface area contributed by atoms with Crippen LogP contribution in [0.5, 0.6) is 5.88 Å². The summed E-state index contributed by atoms with van der Waals surface area (Å²) < 4.78 is 8.97. The maximum absolute atomic E-state index is 4.94. The third kappa shape index (κ3) is 3.45. The van der Waals surface area contributed by atoms with E-state index >= 15 is 0 Å². The zero-order chi connectivity index (χ0) is 9.52. The molecule has 1 N–H and O–H groups in total. The zero-order valence-corrected chi connectivity index (χ0v) is 8.57. The molecule has 0 spiro atoms. The average Bonchev–Trinajstić information content (AvgIpc) is 2.60. The third-order valence-corrected chi connectivity index (χ3v) is 2.06. The Morgan fingerprint density at radius 3 is 3.15 bits per heavy atom. The van der Waals surface area contributed by atoms with Gasteiger partial charge in [0.1, 0.15) is 4.88 Å². The van der Waals surface area contributed by atoms with Crippen molar-refractivity contribution < 1.29 is 4.74 Å². The highest BCUT2D eigenvalue weighted by molar-refractivity contribution is 7.06. The van der Waals surface area contributed by atoms with E-state index in [0.29, 0.717) is 5.88 Å². The van der Waals surface area contributed by atoms with Crippen LogP contribution in [-0.2, 0) is 0 Å². The second-order valence-electron chi connectivity index (χ2n) is 2.32. The van der Waals surface area contributed by atoms with Crippen molar-refractivity contribution in [3.63, 3.8) is 0 Å². The molecule has 0 unspecified atom stereocenters. The van der Waals surface area contributed by atoms with Crippen molar-refractivity contribution in [1.29, 1.82) is 0 Å². The maximum atomic E-state index is 4.94. The van der Waals surface area contributed by atoms with Crippen molar-refractivity contribution >= 4 is 11.5 Å². The van der Waals surface area contributed by atoms with Gasteiger partial charge in [-0.05, 0) is 18.1 Å². The quantitative estimate of drug-likeness (QED) is 0.581. The van der Waals surface area contributed by atoms with E-state index in [1.165, 1.54) is 11.5 Å². The number of aromatic nitrogens is 1. The molecule has 0 aliphatic carbocycles. The standard InChI is InChI=1S/C9H12N2OS/c1-3-10-6-4-5-8-7-9(12-2)11-13-8/h7,10H,3,6H2,1-2H3. The second kappa shape index (κ2) is 5.57. The minimum Gasteiger partial charge on any atom is -0.480 e. The first-order chi connectivity index (χ1) is 6.36. The third-order valence-electron chi connectivity index (χ3n) is 1.37. The Morgan fingerprint density at radius 1 is 1.69 bits per heavy atom. The van der Waals surface area contributed by atoms with Gasteiger partial charge in [-0.25, -0.2) is 0 Å². The first-order valence-electron chi connectivity index (χ1n) is 4.07. The first-order valence-corrected chi connectivity index (χ1v) is 4.84. The van der Waals surface area contributed by atoms with Gasteiger partial charge in [-0.15, -0.1) is 0 Å². The lowest BCUT2D eigenvalue weighted by molar-refractivity contribution is 0.402. The van der Waals surface area contributed by atoms with Gasteiger partial charge in [0.15, 0.2) is 0 Å². The van der Waals surface area contributed by atoms with E-state index in [0.717, 1.165) is 18.0 Å². The molecule has 0 fully saturated rings. The van der Waals surface area contributed by atoms with E-state index in [1.807, 2.05) is 6.07 Å². The Labute approximate surface area is 82.3 Å². The summed E-state index contributed by atoms with van der Waals surface area (Å²) in [4.78, 5) is 0.940. The van der Waals surface area contributed by atoms with Crippen molar-refractivity contribution in [2.75, 3.05) is 20.2 Å². The highest BCUT2D eigenvalue weighted by Gasteiger charge is 1.96. The SMILES string of the molecule is CCNCC#Cc1cc(OC)ns1. The summed E-state index contributed by atoms with van der Waals surface area (Å²) in [5.41, 5.74) is 0. The minimum atomic E-state index is 0.637. The van der Waals surface area contributed by atoms with Crippen LogP contribution in [0, 0.1) is 11.8 Å². The molecule has 0 atom stereocenters. The van der Waals surface area contributed by atoms with Gasteiger partial charge in [0, 0.05) is 6.07 Å². The number of rotatable bonds is 3. The molecule has 0 amide bonds. The van der Waals surface area contributed by atoms with Gasteiger partial charge < -0.3 is 10.1 Å². The molecule has 3 nitrogen and oxygen atoms in total. The van der Waals surface area contributed by atoms with Crippen LogP contribution < -0.4 is 10.1 Å². The fourth-order valence-corrected chi connectivity index (χ4v) is 1.32. The van der Waals surface area contributed by atoms with Gasteiger partial charge in [0.25, 0.3) is 0 Å². The van der Waals surface area contributed by atoms with Crippen LogP contribution >= 0.6 is 11.5 Å². The predicted octanol–water partition coefficient (Wildman–Crippen LogP) is 1.11. The van der Waals surface area contributed by atoms with Gasteiger partial charge in [0.2, 0.25) is 5.88 Å². The fraction of sp³-hybridized carbons (Fsp3) is 0.444. The molecule has 0 saturated heterocycles. The highest BCUT2D eigenvalue weighted by atomic mass is 32.1. The summed E-state index contributed by atoms with van der Waals surface area (Å²) in [6, 6.07) is 1.84. The van der Waals surface area contributed by atoms with Crippen LogP contribution in [0.25, 0.3) is 0 Å². The topological polar surface area (TPSA) is 34.1 Å². The van der Waals surface area contributed by atoms with Crippen molar-refractivity contribution in [2.24, 2.45) is 0 Å². The van der Waals surface area contributed by atoms with Crippen LogP contribution in [0.2, 0.25) is 0 Å². The molecular formula is C9H12N2OS. The molecule has 70 valence electrons. The van der Waals surface area contributed by atoms with Gasteiger partial charge in [0.05, 0.1) is 13.7 Å². The molecule has 0 saturated carbocycles. The molecule has 0 aliphatic rings. The van der Waals surface area contributed by atoms with Gasteiger partial charge in [-0.1, -0.05) is 18.8 Å². The Bertz CT molecular complexity index is 311. The summed E-state index contributed by atoms with van der Waals surface area (Å²) in [6.45, 7) is 3.72. The molecule has 0 aliphatic heterocycles. The summed E-state index contributed by atoms with van der Waals surface area (Å²) in [5, 5.41) is 3.12. The smallest absolute Gasteiger partial charge is 0.226 e. The second-order valence-corrected chi connectivity index (χ2v) is 3.12. The highest BCUT2D eigenvalue weighted by Crippen LogP contribution is 2.14. The monoisotopic (exact) mass is 196 g/mol. The summed E-state index contributed by atoms with van der Waals surface area (Å²) in [6.07, 6.45) is 0. The average molecular weight is 196 g/mol. The number of methoxy groups -OCH3 is 1. The fourth-order valence-electron chi connectivity index (χ4n) is 0.733.